The molecule has 1 aromatic heterocycles. The molecule has 0 N–H and O–H groups in total. The van der Waals surface area contributed by atoms with Crippen molar-refractivity contribution >= 4 is 15.7 Å². The molecule has 0 aromatic carbocycles. The minimum Gasteiger partial charge on any atom is -0.339 e. The van der Waals surface area contributed by atoms with Crippen LogP contribution in [0.25, 0.3) is 0 Å². The lowest BCUT2D eigenvalue weighted by molar-refractivity contribution is -0.132. The number of aryl methyl sites for hydroxylation is 2. The molecule has 2 rings (SSSR count). The van der Waals surface area contributed by atoms with Crippen LogP contribution in [0.3, 0.4) is 0 Å². The van der Waals surface area contributed by atoms with Crippen LogP contribution in [0.4, 0.5) is 0 Å². The average Bonchev–Trinajstić information content (AvgIpc) is 2.85. The molecule has 7 heteroatoms. The number of nitrogens with zero attached hydrogens (tertiary/aromatic N) is 3. The first-order chi connectivity index (χ1) is 9.75. The van der Waals surface area contributed by atoms with Crippen LogP contribution in [-0.4, -0.2) is 53.1 Å². The number of sulfone groups is 1. The molecule has 1 unspecified atom stereocenters. The van der Waals surface area contributed by atoms with Gasteiger partial charge in [-0.3, -0.25) is 9.48 Å². The van der Waals surface area contributed by atoms with E-state index < -0.39 is 9.84 Å². The second kappa shape index (κ2) is 5.79. The second-order valence-corrected chi connectivity index (χ2v) is 7.92. The highest BCUT2D eigenvalue weighted by atomic mass is 32.2. The molecule has 2 heterocycles. The first kappa shape index (κ1) is 16.0. The van der Waals surface area contributed by atoms with Crippen LogP contribution in [0.2, 0.25) is 0 Å². The lowest BCUT2D eigenvalue weighted by Crippen LogP contribution is -2.41. The highest BCUT2D eigenvalue weighted by Crippen LogP contribution is 2.20. The molecular weight excluding hydrogens is 290 g/mol. The molecule has 0 radical (unpaired) electrons. The van der Waals surface area contributed by atoms with Crippen molar-refractivity contribution in [2.45, 2.75) is 39.7 Å². The Morgan fingerprint density at radius 2 is 2.10 bits per heavy atom. The Morgan fingerprint density at radius 1 is 1.43 bits per heavy atom. The maximum Gasteiger partial charge on any atom is 0.227 e. The molecule has 6 nitrogen and oxygen atoms in total. The van der Waals surface area contributed by atoms with E-state index in [1.54, 1.807) is 9.58 Å². The van der Waals surface area contributed by atoms with Gasteiger partial charge in [-0.1, -0.05) is 0 Å². The summed E-state index contributed by atoms with van der Waals surface area (Å²) in [6, 6.07) is -0.176. The number of aromatic nitrogens is 2. The predicted molar refractivity (Wildman–Crippen MR) is 80.8 cm³/mol. The number of amides is 1. The number of hydrogen-bond donors (Lipinski definition) is 0. The van der Waals surface area contributed by atoms with E-state index in [0.717, 1.165) is 17.0 Å². The van der Waals surface area contributed by atoms with Crippen LogP contribution in [0.15, 0.2) is 0 Å². The lowest BCUT2D eigenvalue weighted by atomic mass is 10.1. The Labute approximate surface area is 126 Å². The molecule has 118 valence electrons. The zero-order chi connectivity index (χ0) is 15.8. The van der Waals surface area contributed by atoms with Crippen molar-refractivity contribution in [3.63, 3.8) is 0 Å². The second-order valence-electron chi connectivity index (χ2n) is 5.69. The van der Waals surface area contributed by atoms with Crippen LogP contribution in [0, 0.1) is 13.8 Å². The maximum atomic E-state index is 12.5. The molecule has 0 bridgehead atoms. The van der Waals surface area contributed by atoms with E-state index in [-0.39, 0.29) is 29.9 Å². The summed E-state index contributed by atoms with van der Waals surface area (Å²) < 4.78 is 25.0. The summed E-state index contributed by atoms with van der Waals surface area (Å²) >= 11 is 0. The predicted octanol–water partition coefficient (Wildman–Crippen LogP) is 0.615. The highest BCUT2D eigenvalue weighted by molar-refractivity contribution is 7.91. The summed E-state index contributed by atoms with van der Waals surface area (Å²) in [5.74, 6) is 0.267. The standard InChI is InChI=1S/C14H23N3O3S/c1-5-17(12-6-7-21(19,20)9-12)14(18)8-13-10(2)15-16(4)11(13)3/h12H,5-9H2,1-4H3. The van der Waals surface area contributed by atoms with E-state index in [4.69, 9.17) is 0 Å². The SMILES string of the molecule is CCN(C(=O)Cc1c(C)nn(C)c1C)C1CCS(=O)(=O)C1. The summed E-state index contributed by atoms with van der Waals surface area (Å²) in [4.78, 5) is 14.3. The van der Waals surface area contributed by atoms with Gasteiger partial charge in [-0.2, -0.15) is 5.10 Å². The Kier molecular flexibility index (Phi) is 4.41. The quantitative estimate of drug-likeness (QED) is 0.817. The third kappa shape index (κ3) is 3.28. The van der Waals surface area contributed by atoms with Gasteiger partial charge < -0.3 is 4.90 Å². The Hall–Kier alpha value is -1.37. The Balaban J connectivity index is 2.14. The Morgan fingerprint density at radius 3 is 2.52 bits per heavy atom. The maximum absolute atomic E-state index is 12.5. The summed E-state index contributed by atoms with van der Waals surface area (Å²) in [6.07, 6.45) is 0.836. The van der Waals surface area contributed by atoms with Gasteiger partial charge in [-0.05, 0) is 27.2 Å². The largest absolute Gasteiger partial charge is 0.339 e. The molecular formula is C14H23N3O3S. The molecule has 0 saturated carbocycles. The molecule has 0 spiro atoms. The highest BCUT2D eigenvalue weighted by Gasteiger charge is 2.34. The number of carbonyl (C=O) groups excluding carboxylic acids is 1. The van der Waals surface area contributed by atoms with Crippen LogP contribution in [0.1, 0.15) is 30.3 Å². The van der Waals surface area contributed by atoms with Crippen molar-refractivity contribution in [3.05, 3.63) is 17.0 Å². The van der Waals surface area contributed by atoms with Crippen LogP contribution in [-0.2, 0) is 28.1 Å². The number of hydrogen-bond acceptors (Lipinski definition) is 4. The summed E-state index contributed by atoms with van der Waals surface area (Å²) in [7, 11) is -1.12. The van der Waals surface area contributed by atoms with Crippen molar-refractivity contribution in [3.8, 4) is 0 Å². The van der Waals surface area contributed by atoms with Gasteiger partial charge >= 0.3 is 0 Å². The molecule has 1 aliphatic heterocycles. The van der Waals surface area contributed by atoms with Gasteiger partial charge in [0.25, 0.3) is 0 Å². The minimum atomic E-state index is -2.98. The molecule has 1 aliphatic rings. The third-order valence-electron chi connectivity index (χ3n) is 4.30. The summed E-state index contributed by atoms with van der Waals surface area (Å²) in [5, 5.41) is 4.32. The van der Waals surface area contributed by atoms with Crippen molar-refractivity contribution in [2.24, 2.45) is 7.05 Å². The fourth-order valence-corrected chi connectivity index (χ4v) is 4.72. The van der Waals surface area contributed by atoms with Gasteiger partial charge in [0.1, 0.15) is 0 Å². The van der Waals surface area contributed by atoms with E-state index in [1.165, 1.54) is 0 Å². The minimum absolute atomic E-state index is 0.0150. The van der Waals surface area contributed by atoms with Crippen molar-refractivity contribution < 1.29 is 13.2 Å². The van der Waals surface area contributed by atoms with Gasteiger partial charge in [-0.15, -0.1) is 0 Å². The third-order valence-corrected chi connectivity index (χ3v) is 6.05. The van der Waals surface area contributed by atoms with E-state index in [9.17, 15) is 13.2 Å². The van der Waals surface area contributed by atoms with Gasteiger partial charge in [-0.25, -0.2) is 8.42 Å². The van der Waals surface area contributed by atoms with Gasteiger partial charge in [0.05, 0.1) is 23.6 Å². The number of carbonyl (C=O) groups is 1. The molecule has 1 saturated heterocycles. The molecule has 0 aliphatic carbocycles. The fourth-order valence-electron chi connectivity index (χ4n) is 2.99. The monoisotopic (exact) mass is 313 g/mol. The van der Waals surface area contributed by atoms with Crippen LogP contribution in [0.5, 0.6) is 0 Å². The summed E-state index contributed by atoms with van der Waals surface area (Å²) in [5.41, 5.74) is 2.79. The Bertz CT molecular complexity index is 649. The van der Waals surface area contributed by atoms with Crippen LogP contribution >= 0.6 is 0 Å². The smallest absolute Gasteiger partial charge is 0.227 e. The van der Waals surface area contributed by atoms with Crippen molar-refractivity contribution in [2.75, 3.05) is 18.1 Å². The topological polar surface area (TPSA) is 72.3 Å². The normalized spacial score (nSPS) is 20.7. The lowest BCUT2D eigenvalue weighted by Gasteiger charge is -2.27. The molecule has 1 fully saturated rings. The average molecular weight is 313 g/mol. The van der Waals surface area contributed by atoms with Gasteiger partial charge in [0, 0.05) is 30.9 Å². The van der Waals surface area contributed by atoms with Gasteiger partial charge in [0.2, 0.25) is 5.91 Å². The zero-order valence-corrected chi connectivity index (χ0v) is 13.9. The number of likely N-dealkylation sites (N-methyl/N-ethyl adjacent to an activating group) is 1. The molecule has 1 amide bonds. The fraction of sp³-hybridized carbons (Fsp3) is 0.714. The molecule has 21 heavy (non-hydrogen) atoms. The van der Waals surface area contributed by atoms with E-state index in [0.29, 0.717) is 13.0 Å². The van der Waals surface area contributed by atoms with Crippen LogP contribution < -0.4 is 0 Å². The number of rotatable bonds is 4. The van der Waals surface area contributed by atoms with Gasteiger partial charge in [0.15, 0.2) is 9.84 Å². The summed E-state index contributed by atoms with van der Waals surface area (Å²) in [6.45, 7) is 6.27. The van der Waals surface area contributed by atoms with E-state index in [1.807, 2.05) is 27.8 Å². The van der Waals surface area contributed by atoms with Crippen molar-refractivity contribution in [1.29, 1.82) is 0 Å². The first-order valence-corrected chi connectivity index (χ1v) is 9.06. The van der Waals surface area contributed by atoms with E-state index >= 15 is 0 Å². The molecule has 1 atom stereocenters. The first-order valence-electron chi connectivity index (χ1n) is 7.24. The van der Waals surface area contributed by atoms with E-state index in [2.05, 4.69) is 5.10 Å². The zero-order valence-electron chi connectivity index (χ0n) is 13.1. The molecule has 1 aromatic rings. The van der Waals surface area contributed by atoms with Crippen molar-refractivity contribution in [1.82, 2.24) is 14.7 Å².